The van der Waals surface area contributed by atoms with Crippen molar-refractivity contribution in [3.63, 3.8) is 0 Å². The number of aromatic nitrogens is 1. The standard InChI is InChI=1S/C31H30N2O4/c1-5-27-26-19-24(15-16-25(26)28(34)37-33-27)32-29(35)31(36,18-17-22-13-11-21(2)12-14-22)20-30(3,4)23-9-7-6-8-10-23/h6-16,19,36H,5,20H2,1-4H3,(H,32,35). The molecule has 1 unspecified atom stereocenters. The summed E-state index contributed by atoms with van der Waals surface area (Å²) >= 11 is 0. The molecule has 0 aliphatic carbocycles. The van der Waals surface area contributed by atoms with Crippen molar-refractivity contribution in [2.24, 2.45) is 0 Å². The van der Waals surface area contributed by atoms with Crippen molar-refractivity contribution in [1.82, 2.24) is 5.16 Å². The lowest BCUT2D eigenvalue weighted by Crippen LogP contribution is -2.46. The van der Waals surface area contributed by atoms with E-state index in [0.717, 1.165) is 11.1 Å². The summed E-state index contributed by atoms with van der Waals surface area (Å²) < 4.78 is 4.86. The van der Waals surface area contributed by atoms with Gasteiger partial charge in [0.05, 0.1) is 11.1 Å². The van der Waals surface area contributed by atoms with Crippen molar-refractivity contribution in [1.29, 1.82) is 0 Å². The number of anilines is 1. The lowest BCUT2D eigenvalue weighted by Gasteiger charge is -2.32. The number of rotatable bonds is 6. The smallest absolute Gasteiger partial charge is 0.366 e. The summed E-state index contributed by atoms with van der Waals surface area (Å²) in [5.74, 6) is 5.20. The van der Waals surface area contributed by atoms with E-state index in [9.17, 15) is 14.7 Å². The van der Waals surface area contributed by atoms with E-state index in [4.69, 9.17) is 4.52 Å². The highest BCUT2D eigenvalue weighted by Crippen LogP contribution is 2.33. The van der Waals surface area contributed by atoms with Crippen LogP contribution in [0.2, 0.25) is 0 Å². The Kier molecular flexibility index (Phi) is 7.28. The summed E-state index contributed by atoms with van der Waals surface area (Å²) in [5, 5.41) is 19.4. The van der Waals surface area contributed by atoms with Gasteiger partial charge >= 0.3 is 5.63 Å². The van der Waals surface area contributed by atoms with Crippen molar-refractivity contribution >= 4 is 22.4 Å². The van der Waals surface area contributed by atoms with Crippen LogP contribution in [0.25, 0.3) is 10.8 Å². The molecule has 37 heavy (non-hydrogen) atoms. The van der Waals surface area contributed by atoms with Crippen LogP contribution in [0.5, 0.6) is 0 Å². The minimum atomic E-state index is -2.00. The number of aliphatic hydroxyl groups is 1. The maximum Gasteiger partial charge on any atom is 0.366 e. The third-order valence-corrected chi connectivity index (χ3v) is 6.48. The minimum absolute atomic E-state index is 0.0631. The molecule has 6 nitrogen and oxygen atoms in total. The molecule has 0 radical (unpaired) electrons. The van der Waals surface area contributed by atoms with E-state index in [1.807, 2.05) is 82.3 Å². The fourth-order valence-electron chi connectivity index (χ4n) is 4.35. The van der Waals surface area contributed by atoms with Gasteiger partial charge in [-0.1, -0.05) is 85.8 Å². The zero-order valence-electron chi connectivity index (χ0n) is 21.5. The van der Waals surface area contributed by atoms with Gasteiger partial charge in [0, 0.05) is 23.1 Å². The van der Waals surface area contributed by atoms with E-state index >= 15 is 0 Å². The van der Waals surface area contributed by atoms with E-state index < -0.39 is 22.5 Å². The van der Waals surface area contributed by atoms with E-state index in [0.29, 0.717) is 34.1 Å². The van der Waals surface area contributed by atoms with Gasteiger partial charge in [0.15, 0.2) is 0 Å². The van der Waals surface area contributed by atoms with Crippen molar-refractivity contribution in [3.8, 4) is 11.8 Å². The van der Waals surface area contributed by atoms with Crippen LogP contribution in [0.1, 0.15) is 49.6 Å². The Balaban J connectivity index is 1.72. The number of fused-ring (bicyclic) bond motifs is 1. The van der Waals surface area contributed by atoms with Gasteiger partial charge in [0.25, 0.3) is 5.91 Å². The lowest BCUT2D eigenvalue weighted by atomic mass is 9.75. The molecule has 1 amide bonds. The monoisotopic (exact) mass is 494 g/mol. The number of nitrogens with one attached hydrogen (secondary N) is 1. The first-order valence-corrected chi connectivity index (χ1v) is 12.2. The van der Waals surface area contributed by atoms with Gasteiger partial charge < -0.3 is 14.9 Å². The van der Waals surface area contributed by atoms with E-state index in [2.05, 4.69) is 22.3 Å². The number of nitrogens with zero attached hydrogens (tertiary/aromatic N) is 1. The molecule has 0 spiro atoms. The van der Waals surface area contributed by atoms with Gasteiger partial charge in [0.2, 0.25) is 5.60 Å². The Bertz CT molecular complexity index is 1540. The molecule has 0 bridgehead atoms. The van der Waals surface area contributed by atoms with Crippen LogP contribution in [-0.2, 0) is 16.6 Å². The van der Waals surface area contributed by atoms with Gasteiger partial charge in [-0.2, -0.15) is 0 Å². The molecule has 188 valence electrons. The van der Waals surface area contributed by atoms with Crippen molar-refractivity contribution in [2.75, 3.05) is 5.32 Å². The first-order valence-electron chi connectivity index (χ1n) is 12.2. The number of benzene rings is 3. The maximum atomic E-state index is 13.6. The molecule has 4 rings (SSSR count). The molecule has 0 fully saturated rings. The average molecular weight is 495 g/mol. The molecule has 1 atom stereocenters. The van der Waals surface area contributed by atoms with Crippen LogP contribution >= 0.6 is 0 Å². The molecular weight excluding hydrogens is 464 g/mol. The third-order valence-electron chi connectivity index (χ3n) is 6.48. The quantitative estimate of drug-likeness (QED) is 0.362. The molecule has 1 heterocycles. The Morgan fingerprint density at radius 1 is 1.03 bits per heavy atom. The SMILES string of the molecule is CCc1noc(=O)c2ccc(NC(=O)C(O)(C#Cc3ccc(C)cc3)CC(C)(C)c3ccccc3)cc12. The van der Waals surface area contributed by atoms with Crippen LogP contribution in [0.3, 0.4) is 0 Å². The normalized spacial score (nSPS) is 12.9. The maximum absolute atomic E-state index is 13.6. The highest BCUT2D eigenvalue weighted by atomic mass is 16.5. The number of aryl methyl sites for hydroxylation is 2. The first kappa shape index (κ1) is 25.9. The summed E-state index contributed by atoms with van der Waals surface area (Å²) in [4.78, 5) is 25.7. The Morgan fingerprint density at radius 2 is 1.73 bits per heavy atom. The summed E-state index contributed by atoms with van der Waals surface area (Å²) in [6, 6.07) is 22.2. The van der Waals surface area contributed by atoms with Gasteiger partial charge in [-0.25, -0.2) is 4.79 Å². The molecule has 1 aromatic heterocycles. The molecule has 3 aromatic carbocycles. The second kappa shape index (κ2) is 10.4. The van der Waals surface area contributed by atoms with Crippen LogP contribution in [-0.4, -0.2) is 21.8 Å². The predicted octanol–water partition coefficient (Wildman–Crippen LogP) is 5.15. The van der Waals surface area contributed by atoms with Crippen molar-refractivity contribution in [2.45, 2.75) is 51.6 Å². The van der Waals surface area contributed by atoms with Crippen LogP contribution in [0.4, 0.5) is 5.69 Å². The van der Waals surface area contributed by atoms with Crippen LogP contribution in [0.15, 0.2) is 82.1 Å². The van der Waals surface area contributed by atoms with Gasteiger partial charge in [-0.05, 0) is 54.7 Å². The average Bonchev–Trinajstić information content (AvgIpc) is 2.89. The number of carbonyl (C=O) groups excluding carboxylic acids is 1. The Labute approximate surface area is 216 Å². The summed E-state index contributed by atoms with van der Waals surface area (Å²) in [6.07, 6.45) is 0.614. The summed E-state index contributed by atoms with van der Waals surface area (Å²) in [5.41, 5.74) is 0.695. The number of carbonyl (C=O) groups is 1. The molecule has 2 N–H and O–H groups in total. The Morgan fingerprint density at radius 3 is 2.41 bits per heavy atom. The minimum Gasteiger partial charge on any atom is -0.369 e. The van der Waals surface area contributed by atoms with E-state index in [1.165, 1.54) is 0 Å². The van der Waals surface area contributed by atoms with E-state index in [-0.39, 0.29) is 6.42 Å². The number of hydrogen-bond donors (Lipinski definition) is 2. The molecule has 6 heteroatoms. The van der Waals surface area contributed by atoms with Crippen molar-refractivity contribution < 1.29 is 14.4 Å². The predicted molar refractivity (Wildman–Crippen MR) is 145 cm³/mol. The topological polar surface area (TPSA) is 92.4 Å². The first-order chi connectivity index (χ1) is 17.6. The molecule has 0 aliphatic rings. The zero-order valence-corrected chi connectivity index (χ0v) is 21.5. The van der Waals surface area contributed by atoms with Gasteiger partial charge in [-0.15, -0.1) is 0 Å². The summed E-state index contributed by atoms with van der Waals surface area (Å²) in [7, 11) is 0. The summed E-state index contributed by atoms with van der Waals surface area (Å²) in [6.45, 7) is 7.83. The van der Waals surface area contributed by atoms with Crippen LogP contribution in [0, 0.1) is 18.8 Å². The second-order valence-electron chi connectivity index (χ2n) is 9.89. The molecule has 4 aromatic rings. The number of hydrogen-bond acceptors (Lipinski definition) is 5. The largest absolute Gasteiger partial charge is 0.369 e. The van der Waals surface area contributed by atoms with Crippen molar-refractivity contribution in [3.05, 3.63) is 106 Å². The Hall–Kier alpha value is -4.21. The van der Waals surface area contributed by atoms with Gasteiger partial charge in [-0.3, -0.25) is 4.79 Å². The fourth-order valence-corrected chi connectivity index (χ4v) is 4.35. The third kappa shape index (κ3) is 5.79. The van der Waals surface area contributed by atoms with Crippen LogP contribution < -0.4 is 10.9 Å². The molecule has 0 saturated heterocycles. The van der Waals surface area contributed by atoms with Gasteiger partial charge in [0.1, 0.15) is 0 Å². The highest BCUT2D eigenvalue weighted by Gasteiger charge is 2.41. The highest BCUT2D eigenvalue weighted by molar-refractivity contribution is 6.01. The number of amides is 1. The molecule has 0 saturated carbocycles. The molecular formula is C31H30N2O4. The fraction of sp³-hybridized carbons (Fsp3) is 0.258. The zero-order chi connectivity index (χ0) is 26.6. The van der Waals surface area contributed by atoms with E-state index in [1.54, 1.807) is 18.2 Å². The molecule has 0 aliphatic heterocycles. The second-order valence-corrected chi connectivity index (χ2v) is 9.89. The lowest BCUT2D eigenvalue weighted by molar-refractivity contribution is -0.130.